The number of hydrogen-bond donors (Lipinski definition) is 5. The Morgan fingerprint density at radius 2 is 1.86 bits per heavy atom. The van der Waals surface area contributed by atoms with Crippen LogP contribution in [0.1, 0.15) is 10.4 Å². The Morgan fingerprint density at radius 3 is 2.71 bits per heavy atom. The molecule has 142 valence electrons. The second-order valence-corrected chi connectivity index (χ2v) is 7.14. The molecule has 10 heteroatoms. The minimum absolute atomic E-state index is 0.116. The Labute approximate surface area is 162 Å². The van der Waals surface area contributed by atoms with Gasteiger partial charge in [0.2, 0.25) is 11.8 Å². The van der Waals surface area contributed by atoms with Gasteiger partial charge in [0.15, 0.2) is 0 Å². The van der Waals surface area contributed by atoms with Gasteiger partial charge in [-0.25, -0.2) is 4.79 Å². The molecule has 0 bridgehead atoms. The number of benzene rings is 2. The molecule has 0 aliphatic carbocycles. The number of fused-ring (bicyclic) bond motifs is 2. The third-order valence-corrected chi connectivity index (χ3v) is 5.16. The molecular formula is C18H15N5O4S. The number of thioether (sulfide) groups is 1. The lowest BCUT2D eigenvalue weighted by Crippen LogP contribution is -2.33. The van der Waals surface area contributed by atoms with Crippen LogP contribution in [0.25, 0.3) is 11.0 Å². The van der Waals surface area contributed by atoms with E-state index >= 15 is 0 Å². The molecule has 1 aliphatic heterocycles. The number of amides is 3. The van der Waals surface area contributed by atoms with Gasteiger partial charge in [0.05, 0.1) is 29.0 Å². The summed E-state index contributed by atoms with van der Waals surface area (Å²) in [4.78, 5) is 53.3. The third-order valence-electron chi connectivity index (χ3n) is 4.08. The van der Waals surface area contributed by atoms with Gasteiger partial charge in [-0.15, -0.1) is 11.8 Å². The highest BCUT2D eigenvalue weighted by Gasteiger charge is 2.17. The summed E-state index contributed by atoms with van der Waals surface area (Å²) < 4.78 is 0. The minimum Gasteiger partial charge on any atom is -0.343 e. The average Bonchev–Trinajstić information content (AvgIpc) is 3.04. The van der Waals surface area contributed by atoms with Crippen LogP contribution in [0.4, 0.5) is 11.4 Å². The van der Waals surface area contributed by atoms with Crippen molar-refractivity contribution in [2.75, 3.05) is 22.9 Å². The first kappa shape index (κ1) is 17.9. The maximum Gasteiger partial charge on any atom is 0.323 e. The van der Waals surface area contributed by atoms with Crippen LogP contribution < -0.4 is 21.6 Å². The van der Waals surface area contributed by atoms with E-state index in [2.05, 4.69) is 25.9 Å². The predicted molar refractivity (Wildman–Crippen MR) is 106 cm³/mol. The molecule has 0 spiro atoms. The maximum atomic E-state index is 12.3. The maximum absolute atomic E-state index is 12.3. The van der Waals surface area contributed by atoms with E-state index in [-0.39, 0.29) is 18.1 Å². The zero-order valence-corrected chi connectivity index (χ0v) is 15.2. The summed E-state index contributed by atoms with van der Waals surface area (Å²) in [5, 5.41) is 7.92. The molecule has 3 aromatic rings. The summed E-state index contributed by atoms with van der Waals surface area (Å²) in [6.07, 6.45) is 0. The van der Waals surface area contributed by atoms with E-state index in [1.807, 2.05) is 0 Å². The molecule has 28 heavy (non-hydrogen) atoms. The van der Waals surface area contributed by atoms with Crippen molar-refractivity contribution in [3.8, 4) is 0 Å². The molecule has 0 unspecified atom stereocenters. The molecule has 0 saturated carbocycles. The van der Waals surface area contributed by atoms with Gasteiger partial charge >= 0.3 is 5.69 Å². The van der Waals surface area contributed by atoms with Crippen LogP contribution in [0.15, 0.2) is 46.1 Å². The predicted octanol–water partition coefficient (Wildman–Crippen LogP) is 1.27. The van der Waals surface area contributed by atoms with Crippen molar-refractivity contribution in [2.24, 2.45) is 0 Å². The molecule has 3 amide bonds. The Balaban J connectivity index is 1.37. The molecule has 0 radical (unpaired) electrons. The van der Waals surface area contributed by atoms with E-state index < -0.39 is 11.8 Å². The van der Waals surface area contributed by atoms with Crippen molar-refractivity contribution >= 4 is 51.9 Å². The van der Waals surface area contributed by atoms with Crippen LogP contribution >= 0.6 is 11.8 Å². The van der Waals surface area contributed by atoms with Crippen molar-refractivity contribution in [2.45, 2.75) is 4.90 Å². The van der Waals surface area contributed by atoms with Crippen LogP contribution in [0.5, 0.6) is 0 Å². The summed E-state index contributed by atoms with van der Waals surface area (Å²) in [5.41, 5.74) is 2.31. The van der Waals surface area contributed by atoms with Crippen molar-refractivity contribution < 1.29 is 14.4 Å². The largest absolute Gasteiger partial charge is 0.343 e. The van der Waals surface area contributed by atoms with Crippen molar-refractivity contribution in [3.05, 3.63) is 52.4 Å². The highest BCUT2D eigenvalue weighted by molar-refractivity contribution is 8.00. The van der Waals surface area contributed by atoms with Crippen LogP contribution in [0.3, 0.4) is 0 Å². The first-order chi connectivity index (χ1) is 13.5. The standard InChI is InChI=1S/C18H15N5O4S/c24-15(20-10-2-3-11-12(6-10)23-18(27)22-11)7-19-17(26)9-1-4-14-13(5-9)21-16(25)8-28-14/h1-6H,7-8H2,(H,19,26)(H,20,24)(H,21,25)(H2,22,23,27). The molecule has 2 heterocycles. The number of carbonyl (C=O) groups excluding carboxylic acids is 3. The van der Waals surface area contributed by atoms with Gasteiger partial charge in [-0.3, -0.25) is 14.4 Å². The Morgan fingerprint density at radius 1 is 1.04 bits per heavy atom. The first-order valence-corrected chi connectivity index (χ1v) is 9.33. The number of imidazole rings is 1. The first-order valence-electron chi connectivity index (χ1n) is 8.35. The van der Waals surface area contributed by atoms with Crippen molar-refractivity contribution in [1.82, 2.24) is 15.3 Å². The summed E-state index contributed by atoms with van der Waals surface area (Å²) in [7, 11) is 0. The van der Waals surface area contributed by atoms with Crippen LogP contribution in [0.2, 0.25) is 0 Å². The van der Waals surface area contributed by atoms with E-state index in [4.69, 9.17) is 0 Å². The number of H-pyrrole nitrogens is 2. The highest BCUT2D eigenvalue weighted by Crippen LogP contribution is 2.31. The molecule has 1 aliphatic rings. The number of rotatable bonds is 4. The minimum atomic E-state index is -0.423. The number of hydrogen-bond acceptors (Lipinski definition) is 5. The van der Waals surface area contributed by atoms with Gasteiger partial charge in [0, 0.05) is 16.1 Å². The van der Waals surface area contributed by atoms with Crippen LogP contribution in [-0.2, 0) is 9.59 Å². The zero-order valence-electron chi connectivity index (χ0n) is 14.4. The van der Waals surface area contributed by atoms with Gasteiger partial charge in [-0.1, -0.05) is 0 Å². The van der Waals surface area contributed by atoms with E-state index in [1.54, 1.807) is 36.4 Å². The van der Waals surface area contributed by atoms with E-state index in [9.17, 15) is 19.2 Å². The fourth-order valence-electron chi connectivity index (χ4n) is 2.80. The molecule has 5 N–H and O–H groups in total. The topological polar surface area (TPSA) is 136 Å². The summed E-state index contributed by atoms with van der Waals surface area (Å²) >= 11 is 1.41. The summed E-state index contributed by atoms with van der Waals surface area (Å²) in [5.74, 6) is -0.600. The lowest BCUT2D eigenvalue weighted by atomic mass is 10.2. The van der Waals surface area contributed by atoms with E-state index in [0.717, 1.165) is 4.90 Å². The van der Waals surface area contributed by atoms with Crippen LogP contribution in [0, 0.1) is 0 Å². The number of anilines is 2. The van der Waals surface area contributed by atoms with Gasteiger partial charge in [0.1, 0.15) is 0 Å². The van der Waals surface area contributed by atoms with E-state index in [1.165, 1.54) is 11.8 Å². The highest BCUT2D eigenvalue weighted by atomic mass is 32.2. The quantitative estimate of drug-likeness (QED) is 0.452. The lowest BCUT2D eigenvalue weighted by molar-refractivity contribution is -0.115. The Kier molecular flexibility index (Phi) is 4.62. The second kappa shape index (κ2) is 7.24. The molecule has 0 fully saturated rings. The number of nitrogens with one attached hydrogen (secondary N) is 5. The SMILES string of the molecule is O=C(CNC(=O)c1ccc2c(c1)NC(=O)CS2)Nc1ccc2[nH]c(=O)[nH]c2c1. The van der Waals surface area contributed by atoms with Gasteiger partial charge in [-0.05, 0) is 36.4 Å². The Hall–Kier alpha value is -3.53. The van der Waals surface area contributed by atoms with Gasteiger partial charge in [-0.2, -0.15) is 0 Å². The summed E-state index contributed by atoms with van der Waals surface area (Å²) in [6, 6.07) is 9.93. The van der Waals surface area contributed by atoms with Gasteiger partial charge < -0.3 is 25.9 Å². The fourth-order valence-corrected chi connectivity index (χ4v) is 3.59. The molecule has 0 atom stereocenters. The van der Waals surface area contributed by atoms with Crippen LogP contribution in [-0.4, -0.2) is 40.0 Å². The zero-order chi connectivity index (χ0) is 19.7. The molecule has 0 saturated heterocycles. The molecular weight excluding hydrogens is 382 g/mol. The third kappa shape index (κ3) is 3.76. The molecule has 1 aromatic heterocycles. The normalized spacial score (nSPS) is 12.9. The second-order valence-electron chi connectivity index (χ2n) is 6.12. The van der Waals surface area contributed by atoms with E-state index in [0.29, 0.717) is 33.7 Å². The number of carbonyl (C=O) groups is 3. The molecule has 9 nitrogen and oxygen atoms in total. The summed E-state index contributed by atoms with van der Waals surface area (Å²) in [6.45, 7) is -0.223. The van der Waals surface area contributed by atoms with Crippen molar-refractivity contribution in [1.29, 1.82) is 0 Å². The van der Waals surface area contributed by atoms with Crippen molar-refractivity contribution in [3.63, 3.8) is 0 Å². The smallest absolute Gasteiger partial charge is 0.323 e. The average molecular weight is 397 g/mol. The molecule has 2 aromatic carbocycles. The molecule has 4 rings (SSSR count). The number of aromatic nitrogens is 2. The monoisotopic (exact) mass is 397 g/mol. The Bertz CT molecular complexity index is 1170. The number of aromatic amines is 2. The lowest BCUT2D eigenvalue weighted by Gasteiger charge is -2.16. The van der Waals surface area contributed by atoms with Gasteiger partial charge in [0.25, 0.3) is 5.91 Å². The fraction of sp³-hybridized carbons (Fsp3) is 0.111.